The molecule has 0 spiro atoms. The number of nitrogens with one attached hydrogen (secondary N) is 1. The van der Waals surface area contributed by atoms with E-state index in [0.29, 0.717) is 18.5 Å². The van der Waals surface area contributed by atoms with Crippen molar-refractivity contribution in [3.05, 3.63) is 16.1 Å². The van der Waals surface area contributed by atoms with Crippen molar-refractivity contribution < 1.29 is 0 Å². The van der Waals surface area contributed by atoms with Gasteiger partial charge in [0.25, 0.3) is 0 Å². The number of guanidine groups is 1. The zero-order chi connectivity index (χ0) is 12.0. The molecule has 0 radical (unpaired) electrons. The molecule has 0 aliphatic heterocycles. The van der Waals surface area contributed by atoms with E-state index < -0.39 is 0 Å². The molecule has 0 aliphatic rings. The molecule has 1 heterocycles. The van der Waals surface area contributed by atoms with E-state index in [1.165, 1.54) is 4.88 Å². The smallest absolute Gasteiger partial charge is 0.188 e. The van der Waals surface area contributed by atoms with E-state index >= 15 is 0 Å². The Morgan fingerprint density at radius 2 is 2.38 bits per heavy atom. The molecule has 0 aliphatic carbocycles. The fraction of sp³-hybridized carbons (Fsp3) is 0.636. The number of aryl methyl sites for hydroxylation is 1. The topological polar surface area (TPSA) is 63.3 Å². The van der Waals surface area contributed by atoms with Gasteiger partial charge in [-0.1, -0.05) is 6.92 Å². The first-order chi connectivity index (χ1) is 7.61. The minimum atomic E-state index is 0.329. The van der Waals surface area contributed by atoms with Crippen molar-refractivity contribution in [2.24, 2.45) is 10.7 Å². The lowest BCUT2D eigenvalue weighted by atomic mass is 10.4. The van der Waals surface area contributed by atoms with Crippen LogP contribution >= 0.6 is 11.3 Å². The third kappa shape index (κ3) is 4.61. The van der Waals surface area contributed by atoms with E-state index in [-0.39, 0.29) is 0 Å². The van der Waals surface area contributed by atoms with E-state index in [1.807, 2.05) is 20.0 Å². The van der Waals surface area contributed by atoms with Crippen LogP contribution in [0.25, 0.3) is 0 Å². The molecule has 1 aromatic rings. The van der Waals surface area contributed by atoms with Crippen LogP contribution in [0, 0.1) is 0 Å². The van der Waals surface area contributed by atoms with Crippen LogP contribution in [-0.2, 0) is 12.8 Å². The van der Waals surface area contributed by atoms with Crippen LogP contribution in [0.5, 0.6) is 0 Å². The van der Waals surface area contributed by atoms with Gasteiger partial charge in [-0.2, -0.15) is 0 Å². The highest BCUT2D eigenvalue weighted by atomic mass is 32.1. The van der Waals surface area contributed by atoms with Crippen LogP contribution in [0.3, 0.4) is 0 Å². The number of aromatic nitrogens is 1. The monoisotopic (exact) mass is 240 g/mol. The Morgan fingerprint density at radius 1 is 1.62 bits per heavy atom. The Bertz CT molecular complexity index is 344. The molecule has 90 valence electrons. The molecular weight excluding hydrogens is 220 g/mol. The molecular formula is C11H20N4S. The number of rotatable bonds is 5. The molecule has 0 bridgehead atoms. The van der Waals surface area contributed by atoms with Crippen LogP contribution < -0.4 is 11.1 Å². The lowest BCUT2D eigenvalue weighted by molar-refractivity contribution is 0.723. The van der Waals surface area contributed by atoms with E-state index in [9.17, 15) is 0 Å². The highest BCUT2D eigenvalue weighted by molar-refractivity contribution is 7.11. The first-order valence-electron chi connectivity index (χ1n) is 5.61. The number of nitrogens with zero attached hydrogens (tertiary/aromatic N) is 2. The summed E-state index contributed by atoms with van der Waals surface area (Å²) in [5.41, 5.74) is 5.69. The SMILES string of the molecule is CCc1cnc(CCN=C(N)NC(C)C)s1. The lowest BCUT2D eigenvalue weighted by Gasteiger charge is -2.07. The fourth-order valence-electron chi connectivity index (χ4n) is 1.24. The average Bonchev–Trinajstić information content (AvgIpc) is 2.64. The standard InChI is InChI=1S/C11H20N4S/c1-4-9-7-14-10(16-9)5-6-13-11(12)15-8(2)3/h7-8H,4-6H2,1-3H3,(H3,12,13,15). The summed E-state index contributed by atoms with van der Waals surface area (Å²) in [5.74, 6) is 0.516. The Kier molecular flexibility index (Phi) is 5.25. The first-order valence-corrected chi connectivity index (χ1v) is 6.43. The van der Waals surface area contributed by atoms with Crippen LogP contribution in [0.15, 0.2) is 11.2 Å². The van der Waals surface area contributed by atoms with Gasteiger partial charge in [0.1, 0.15) is 0 Å². The second-order valence-corrected chi connectivity index (χ2v) is 5.09. The van der Waals surface area contributed by atoms with Crippen molar-refractivity contribution in [1.82, 2.24) is 10.3 Å². The van der Waals surface area contributed by atoms with Gasteiger partial charge in [0.05, 0.1) is 5.01 Å². The molecule has 0 aromatic carbocycles. The molecule has 5 heteroatoms. The number of hydrogen-bond acceptors (Lipinski definition) is 3. The summed E-state index contributed by atoms with van der Waals surface area (Å²) in [4.78, 5) is 9.90. The quantitative estimate of drug-likeness (QED) is 0.606. The average molecular weight is 240 g/mol. The Labute approximate surface area is 101 Å². The summed E-state index contributed by atoms with van der Waals surface area (Å²) in [6, 6.07) is 0.329. The summed E-state index contributed by atoms with van der Waals surface area (Å²) >= 11 is 1.76. The summed E-state index contributed by atoms with van der Waals surface area (Å²) in [6.45, 7) is 6.91. The van der Waals surface area contributed by atoms with Crippen molar-refractivity contribution in [3.8, 4) is 0 Å². The second-order valence-electron chi connectivity index (χ2n) is 3.89. The van der Waals surface area contributed by atoms with Crippen molar-refractivity contribution in [2.75, 3.05) is 6.54 Å². The van der Waals surface area contributed by atoms with Gasteiger partial charge in [0, 0.05) is 30.1 Å². The largest absolute Gasteiger partial charge is 0.370 e. The fourth-order valence-corrected chi connectivity index (χ4v) is 2.09. The highest BCUT2D eigenvalue weighted by Gasteiger charge is 2.00. The number of nitrogens with two attached hydrogens (primary N) is 1. The van der Waals surface area contributed by atoms with E-state index in [0.717, 1.165) is 17.8 Å². The van der Waals surface area contributed by atoms with E-state index in [2.05, 4.69) is 22.2 Å². The van der Waals surface area contributed by atoms with Gasteiger partial charge < -0.3 is 11.1 Å². The van der Waals surface area contributed by atoms with E-state index in [1.54, 1.807) is 11.3 Å². The molecule has 0 saturated carbocycles. The molecule has 0 fully saturated rings. The summed E-state index contributed by atoms with van der Waals surface area (Å²) < 4.78 is 0. The number of hydrogen-bond donors (Lipinski definition) is 2. The molecule has 4 nitrogen and oxygen atoms in total. The molecule has 0 unspecified atom stereocenters. The van der Waals surface area contributed by atoms with Crippen LogP contribution in [0.2, 0.25) is 0 Å². The highest BCUT2D eigenvalue weighted by Crippen LogP contribution is 2.13. The first kappa shape index (κ1) is 13.0. The maximum atomic E-state index is 5.69. The van der Waals surface area contributed by atoms with Gasteiger partial charge in [-0.05, 0) is 20.3 Å². The normalized spacial score (nSPS) is 12.1. The number of aliphatic imine (C=N–C) groups is 1. The Hall–Kier alpha value is -1.10. The van der Waals surface area contributed by atoms with Crippen molar-refractivity contribution in [1.29, 1.82) is 0 Å². The van der Waals surface area contributed by atoms with Crippen LogP contribution in [-0.4, -0.2) is 23.5 Å². The van der Waals surface area contributed by atoms with Crippen molar-refractivity contribution >= 4 is 17.3 Å². The molecule has 0 atom stereocenters. The Balaban J connectivity index is 2.34. The molecule has 3 N–H and O–H groups in total. The summed E-state index contributed by atoms with van der Waals surface area (Å²) in [5, 5.41) is 4.19. The molecule has 16 heavy (non-hydrogen) atoms. The van der Waals surface area contributed by atoms with Gasteiger partial charge in [-0.3, -0.25) is 4.99 Å². The van der Waals surface area contributed by atoms with Crippen LogP contribution in [0.1, 0.15) is 30.7 Å². The summed E-state index contributed by atoms with van der Waals surface area (Å²) in [7, 11) is 0. The van der Waals surface area contributed by atoms with Crippen molar-refractivity contribution in [2.45, 2.75) is 39.7 Å². The molecule has 0 amide bonds. The zero-order valence-corrected chi connectivity index (χ0v) is 11.0. The maximum Gasteiger partial charge on any atom is 0.188 e. The zero-order valence-electron chi connectivity index (χ0n) is 10.2. The predicted molar refractivity (Wildman–Crippen MR) is 70.0 cm³/mol. The molecule has 0 saturated heterocycles. The minimum Gasteiger partial charge on any atom is -0.370 e. The summed E-state index contributed by atoms with van der Waals surface area (Å²) in [6.07, 6.45) is 3.86. The van der Waals surface area contributed by atoms with Crippen molar-refractivity contribution in [3.63, 3.8) is 0 Å². The lowest BCUT2D eigenvalue weighted by Crippen LogP contribution is -2.36. The maximum absolute atomic E-state index is 5.69. The van der Waals surface area contributed by atoms with Gasteiger partial charge in [-0.15, -0.1) is 11.3 Å². The second kappa shape index (κ2) is 6.48. The van der Waals surface area contributed by atoms with Gasteiger partial charge >= 0.3 is 0 Å². The van der Waals surface area contributed by atoms with Gasteiger partial charge in [-0.25, -0.2) is 4.98 Å². The Morgan fingerprint density at radius 3 is 2.94 bits per heavy atom. The molecule has 1 rings (SSSR count). The number of thiazole rings is 1. The third-order valence-corrected chi connectivity index (χ3v) is 3.20. The third-order valence-electron chi connectivity index (χ3n) is 1.99. The molecule has 1 aromatic heterocycles. The minimum absolute atomic E-state index is 0.329. The van der Waals surface area contributed by atoms with Gasteiger partial charge in [0.15, 0.2) is 5.96 Å². The predicted octanol–water partition coefficient (Wildman–Crippen LogP) is 1.56. The van der Waals surface area contributed by atoms with Crippen LogP contribution in [0.4, 0.5) is 0 Å². The van der Waals surface area contributed by atoms with Gasteiger partial charge in [0.2, 0.25) is 0 Å². The van der Waals surface area contributed by atoms with E-state index in [4.69, 9.17) is 5.73 Å².